The SMILES string of the molecule is NCCc1ccc(C(F)(F)F)c(N)c1[N+](=O)[O-]. The van der Waals surface area contributed by atoms with Gasteiger partial charge in [-0.2, -0.15) is 13.2 Å². The molecule has 0 heterocycles. The van der Waals surface area contributed by atoms with Gasteiger partial charge in [0.05, 0.1) is 10.5 Å². The van der Waals surface area contributed by atoms with Crippen molar-refractivity contribution in [3.63, 3.8) is 0 Å². The molecule has 8 heteroatoms. The fraction of sp³-hybridized carbons (Fsp3) is 0.333. The van der Waals surface area contributed by atoms with Gasteiger partial charge in [-0.15, -0.1) is 0 Å². The Morgan fingerprint density at radius 1 is 1.35 bits per heavy atom. The number of anilines is 1. The highest BCUT2D eigenvalue weighted by molar-refractivity contribution is 5.67. The lowest BCUT2D eigenvalue weighted by atomic mass is 10.0. The number of halogens is 3. The van der Waals surface area contributed by atoms with Crippen molar-refractivity contribution in [1.29, 1.82) is 0 Å². The molecule has 0 radical (unpaired) electrons. The first-order valence-electron chi connectivity index (χ1n) is 4.62. The third kappa shape index (κ3) is 2.64. The Labute approximate surface area is 94.4 Å². The highest BCUT2D eigenvalue weighted by Crippen LogP contribution is 2.39. The zero-order valence-corrected chi connectivity index (χ0v) is 8.62. The maximum Gasteiger partial charge on any atom is 0.418 e. The van der Waals surface area contributed by atoms with Crippen molar-refractivity contribution in [1.82, 2.24) is 0 Å². The molecule has 0 aliphatic rings. The van der Waals surface area contributed by atoms with Crippen LogP contribution in [0.15, 0.2) is 12.1 Å². The molecule has 0 aromatic heterocycles. The first-order chi connectivity index (χ1) is 7.79. The zero-order chi connectivity index (χ0) is 13.2. The second kappa shape index (κ2) is 4.58. The van der Waals surface area contributed by atoms with E-state index in [2.05, 4.69) is 0 Å². The van der Waals surface area contributed by atoms with Crippen molar-refractivity contribution in [3.05, 3.63) is 33.4 Å². The van der Waals surface area contributed by atoms with E-state index in [0.717, 1.165) is 12.1 Å². The van der Waals surface area contributed by atoms with E-state index in [-0.39, 0.29) is 18.5 Å². The van der Waals surface area contributed by atoms with Gasteiger partial charge < -0.3 is 11.5 Å². The summed E-state index contributed by atoms with van der Waals surface area (Å²) in [6.45, 7) is 0.0889. The molecule has 0 unspecified atom stereocenters. The van der Waals surface area contributed by atoms with E-state index in [4.69, 9.17) is 11.5 Å². The monoisotopic (exact) mass is 249 g/mol. The number of benzene rings is 1. The maximum atomic E-state index is 12.5. The number of nitrogens with zero attached hydrogens (tertiary/aromatic N) is 1. The van der Waals surface area contributed by atoms with Gasteiger partial charge in [-0.05, 0) is 19.0 Å². The lowest BCUT2D eigenvalue weighted by Crippen LogP contribution is -2.13. The number of rotatable bonds is 3. The Bertz CT molecular complexity index is 446. The second-order valence-electron chi connectivity index (χ2n) is 3.33. The minimum absolute atomic E-state index is 0.0889. The minimum atomic E-state index is -4.71. The number of nitrogens with two attached hydrogens (primary N) is 2. The molecular weight excluding hydrogens is 239 g/mol. The van der Waals surface area contributed by atoms with Gasteiger partial charge in [0.15, 0.2) is 0 Å². The van der Waals surface area contributed by atoms with E-state index in [1.54, 1.807) is 0 Å². The molecule has 0 fully saturated rings. The fourth-order valence-corrected chi connectivity index (χ4v) is 1.47. The van der Waals surface area contributed by atoms with Crippen LogP contribution in [0, 0.1) is 10.1 Å². The fourth-order valence-electron chi connectivity index (χ4n) is 1.47. The van der Waals surface area contributed by atoms with Crippen LogP contribution in [0.1, 0.15) is 11.1 Å². The van der Waals surface area contributed by atoms with Gasteiger partial charge in [0.2, 0.25) is 0 Å². The third-order valence-electron chi connectivity index (χ3n) is 2.20. The summed E-state index contributed by atoms with van der Waals surface area (Å²) in [6, 6.07) is 1.76. The standard InChI is InChI=1S/C9H10F3N3O2/c10-9(11,12)6-2-1-5(3-4-13)8(7(6)14)15(16)17/h1-2H,3-4,13-14H2. The highest BCUT2D eigenvalue weighted by atomic mass is 19.4. The van der Waals surface area contributed by atoms with Crippen LogP contribution in [0.25, 0.3) is 0 Å². The van der Waals surface area contributed by atoms with Crippen molar-refractivity contribution in [3.8, 4) is 0 Å². The lowest BCUT2D eigenvalue weighted by Gasteiger charge is -2.12. The van der Waals surface area contributed by atoms with Crippen LogP contribution in [-0.4, -0.2) is 11.5 Å². The Balaban J connectivity index is 3.44. The molecule has 0 saturated carbocycles. The summed E-state index contributed by atoms with van der Waals surface area (Å²) in [4.78, 5) is 9.79. The Morgan fingerprint density at radius 2 is 1.94 bits per heavy atom. The van der Waals surface area contributed by atoms with Crippen LogP contribution < -0.4 is 11.5 Å². The van der Waals surface area contributed by atoms with Gasteiger partial charge in [-0.25, -0.2) is 0 Å². The Hall–Kier alpha value is -1.83. The minimum Gasteiger partial charge on any atom is -0.393 e. The Morgan fingerprint density at radius 3 is 2.35 bits per heavy atom. The summed E-state index contributed by atoms with van der Waals surface area (Å²) in [5.41, 5.74) is 7.73. The van der Waals surface area contributed by atoms with Crippen molar-refractivity contribution < 1.29 is 18.1 Å². The second-order valence-corrected chi connectivity index (χ2v) is 3.33. The smallest absolute Gasteiger partial charge is 0.393 e. The van der Waals surface area contributed by atoms with Gasteiger partial charge in [-0.1, -0.05) is 6.07 Å². The van der Waals surface area contributed by atoms with Crippen molar-refractivity contribution in [2.45, 2.75) is 12.6 Å². The van der Waals surface area contributed by atoms with Crippen molar-refractivity contribution in [2.75, 3.05) is 12.3 Å². The summed E-state index contributed by atoms with van der Waals surface area (Å²) in [6.07, 6.45) is -4.62. The molecule has 0 bridgehead atoms. The van der Waals surface area contributed by atoms with Gasteiger partial charge >= 0.3 is 6.18 Å². The van der Waals surface area contributed by atoms with Crippen LogP contribution in [0.2, 0.25) is 0 Å². The predicted molar refractivity (Wildman–Crippen MR) is 55.3 cm³/mol. The Kier molecular flexibility index (Phi) is 3.56. The van der Waals surface area contributed by atoms with E-state index >= 15 is 0 Å². The van der Waals surface area contributed by atoms with Gasteiger partial charge in [-0.3, -0.25) is 10.1 Å². The van der Waals surface area contributed by atoms with Crippen LogP contribution in [-0.2, 0) is 12.6 Å². The number of hydrogen-bond acceptors (Lipinski definition) is 4. The van der Waals surface area contributed by atoms with E-state index in [1.807, 2.05) is 0 Å². The predicted octanol–water partition coefficient (Wildman–Crippen LogP) is 1.70. The topological polar surface area (TPSA) is 95.2 Å². The molecule has 4 N–H and O–H groups in total. The maximum absolute atomic E-state index is 12.5. The van der Waals surface area contributed by atoms with E-state index in [0.29, 0.717) is 0 Å². The molecule has 17 heavy (non-hydrogen) atoms. The first-order valence-corrected chi connectivity index (χ1v) is 4.62. The molecule has 5 nitrogen and oxygen atoms in total. The van der Waals surface area contributed by atoms with E-state index < -0.39 is 28.0 Å². The molecule has 0 aliphatic carbocycles. The lowest BCUT2D eigenvalue weighted by molar-refractivity contribution is -0.384. The van der Waals surface area contributed by atoms with Crippen LogP contribution in [0.5, 0.6) is 0 Å². The summed E-state index contributed by atoms with van der Waals surface area (Å²) in [5.74, 6) is 0. The van der Waals surface area contributed by atoms with E-state index in [9.17, 15) is 23.3 Å². The molecule has 1 aromatic carbocycles. The highest BCUT2D eigenvalue weighted by Gasteiger charge is 2.36. The summed E-state index contributed by atoms with van der Waals surface area (Å²) < 4.78 is 37.4. The average Bonchev–Trinajstić information content (AvgIpc) is 2.15. The number of nitro benzene ring substituents is 1. The van der Waals surface area contributed by atoms with Crippen LogP contribution in [0.4, 0.5) is 24.5 Å². The molecule has 94 valence electrons. The number of nitro groups is 1. The van der Waals surface area contributed by atoms with Crippen LogP contribution in [0.3, 0.4) is 0 Å². The van der Waals surface area contributed by atoms with Gasteiger partial charge in [0.25, 0.3) is 5.69 Å². The molecule has 0 atom stereocenters. The first kappa shape index (κ1) is 13.2. The molecule has 0 saturated heterocycles. The number of nitrogen functional groups attached to an aromatic ring is 1. The molecule has 0 aliphatic heterocycles. The van der Waals surface area contributed by atoms with Gasteiger partial charge in [0, 0.05) is 5.56 Å². The molecular formula is C9H10F3N3O2. The largest absolute Gasteiger partial charge is 0.418 e. The zero-order valence-electron chi connectivity index (χ0n) is 8.62. The normalized spacial score (nSPS) is 11.5. The third-order valence-corrected chi connectivity index (χ3v) is 2.20. The molecule has 0 spiro atoms. The summed E-state index contributed by atoms with van der Waals surface area (Å²) in [7, 11) is 0. The van der Waals surface area contributed by atoms with Crippen molar-refractivity contribution in [2.24, 2.45) is 5.73 Å². The summed E-state index contributed by atoms with van der Waals surface area (Å²) >= 11 is 0. The number of hydrogen-bond donors (Lipinski definition) is 2. The van der Waals surface area contributed by atoms with Gasteiger partial charge in [0.1, 0.15) is 5.69 Å². The van der Waals surface area contributed by atoms with Crippen LogP contribution >= 0.6 is 0 Å². The summed E-state index contributed by atoms with van der Waals surface area (Å²) in [5, 5.41) is 10.7. The number of alkyl halides is 3. The average molecular weight is 249 g/mol. The quantitative estimate of drug-likeness (QED) is 0.484. The van der Waals surface area contributed by atoms with E-state index in [1.165, 1.54) is 0 Å². The molecule has 1 aromatic rings. The molecule has 0 amide bonds. The van der Waals surface area contributed by atoms with Crippen molar-refractivity contribution >= 4 is 11.4 Å². The molecule has 1 rings (SSSR count).